The normalized spacial score (nSPS) is 21.4. The molecule has 13 heteroatoms. The number of nitrogens with one attached hydrogen (secondary N) is 1. The van der Waals surface area contributed by atoms with Crippen LogP contribution >= 0.6 is 23.5 Å². The lowest BCUT2D eigenvalue weighted by Gasteiger charge is -2.49. The molecule has 1 aromatic carbocycles. The van der Waals surface area contributed by atoms with Gasteiger partial charge in [-0.15, -0.1) is 16.9 Å². The Labute approximate surface area is 185 Å². The van der Waals surface area contributed by atoms with Crippen molar-refractivity contribution in [2.45, 2.75) is 22.6 Å². The summed E-state index contributed by atoms with van der Waals surface area (Å²) >= 11 is 2.69. The molecule has 2 aromatic rings. The van der Waals surface area contributed by atoms with Crippen molar-refractivity contribution < 1.29 is 19.5 Å². The average Bonchev–Trinajstić information content (AvgIpc) is 3.19. The minimum absolute atomic E-state index is 0.0470. The fourth-order valence-corrected chi connectivity index (χ4v) is 5.68. The smallest absolute Gasteiger partial charge is 0.352 e. The van der Waals surface area contributed by atoms with Crippen LogP contribution in [0, 0.1) is 0 Å². The molecule has 0 saturated carbocycles. The highest BCUT2D eigenvalue weighted by atomic mass is 32.2. The number of aliphatic carboxylic acids is 1. The van der Waals surface area contributed by atoms with Crippen LogP contribution in [0.15, 0.2) is 46.8 Å². The van der Waals surface area contributed by atoms with E-state index in [-0.39, 0.29) is 5.70 Å². The molecule has 2 unspecified atom stereocenters. The van der Waals surface area contributed by atoms with Gasteiger partial charge >= 0.3 is 5.97 Å². The Hall–Kier alpha value is -2.90. The Bertz CT molecular complexity index is 1060. The number of hydrogen-bond donors (Lipinski definition) is 3. The zero-order valence-corrected chi connectivity index (χ0v) is 18.0. The predicted molar refractivity (Wildman–Crippen MR) is 113 cm³/mol. The van der Waals surface area contributed by atoms with E-state index in [0.29, 0.717) is 27.8 Å². The Balaban J connectivity index is 1.46. The number of carbonyl (C=O) groups is 3. The zero-order chi connectivity index (χ0) is 22.1. The molecule has 0 bridgehead atoms. The van der Waals surface area contributed by atoms with Crippen molar-refractivity contribution in [2.75, 3.05) is 11.5 Å². The number of tetrazole rings is 1. The van der Waals surface area contributed by atoms with Crippen LogP contribution in [-0.2, 0) is 21.4 Å². The third-order valence-corrected chi connectivity index (χ3v) is 7.38. The molecule has 162 valence electrons. The van der Waals surface area contributed by atoms with Crippen LogP contribution in [0.1, 0.15) is 11.6 Å². The number of nitrogens with zero attached hydrogens (tertiary/aromatic N) is 5. The van der Waals surface area contributed by atoms with Crippen LogP contribution in [0.2, 0.25) is 0 Å². The van der Waals surface area contributed by atoms with E-state index in [9.17, 15) is 19.5 Å². The molecule has 4 rings (SSSR count). The number of aromatic nitrogens is 4. The first-order valence-corrected chi connectivity index (χ1v) is 11.3. The van der Waals surface area contributed by atoms with Crippen LogP contribution in [-0.4, -0.2) is 70.9 Å². The third kappa shape index (κ3) is 4.03. The van der Waals surface area contributed by atoms with E-state index in [4.69, 9.17) is 5.73 Å². The summed E-state index contributed by atoms with van der Waals surface area (Å²) in [5, 5.41) is 23.6. The Morgan fingerprint density at radius 2 is 2.13 bits per heavy atom. The van der Waals surface area contributed by atoms with Crippen molar-refractivity contribution in [1.29, 1.82) is 0 Å². The molecule has 0 aliphatic carbocycles. The molecule has 0 spiro atoms. The first-order chi connectivity index (χ1) is 14.9. The van der Waals surface area contributed by atoms with Crippen LogP contribution in [0.3, 0.4) is 0 Å². The van der Waals surface area contributed by atoms with Crippen LogP contribution in [0.5, 0.6) is 0 Å². The maximum Gasteiger partial charge on any atom is 0.352 e. The SMILES string of the molecule is Cn1nnnc1SCC1=C(C(=O)O)N2C(=O)C(NC(=O)C(N)c3ccccc3)[C@H]2SC1. The van der Waals surface area contributed by atoms with E-state index < -0.39 is 35.2 Å². The molecule has 31 heavy (non-hydrogen) atoms. The molecule has 4 N–H and O–H groups in total. The van der Waals surface area contributed by atoms with Gasteiger partial charge < -0.3 is 16.2 Å². The zero-order valence-electron chi connectivity index (χ0n) is 16.3. The van der Waals surface area contributed by atoms with Gasteiger partial charge in [0.1, 0.15) is 23.2 Å². The highest BCUT2D eigenvalue weighted by molar-refractivity contribution is 8.01. The van der Waals surface area contributed by atoms with E-state index in [1.807, 2.05) is 6.07 Å². The number of nitrogens with two attached hydrogens (primary N) is 1. The molecule has 3 atom stereocenters. The van der Waals surface area contributed by atoms with Gasteiger partial charge in [0.15, 0.2) is 0 Å². The average molecular weight is 462 g/mol. The van der Waals surface area contributed by atoms with Crippen molar-refractivity contribution in [3.63, 3.8) is 0 Å². The number of carboxylic acid groups (broad SMARTS) is 1. The number of aryl methyl sites for hydroxylation is 1. The number of amides is 2. The molecule has 2 amide bonds. The molecule has 1 fully saturated rings. The fraction of sp³-hybridized carbons (Fsp3) is 0.333. The maximum atomic E-state index is 12.8. The largest absolute Gasteiger partial charge is 0.477 e. The van der Waals surface area contributed by atoms with Gasteiger partial charge in [-0.3, -0.25) is 14.5 Å². The summed E-state index contributed by atoms with van der Waals surface area (Å²) < 4.78 is 1.49. The van der Waals surface area contributed by atoms with Gasteiger partial charge in [0, 0.05) is 18.6 Å². The lowest BCUT2D eigenvalue weighted by molar-refractivity contribution is -0.150. The quantitative estimate of drug-likeness (QED) is 0.371. The number of β-lactam (4-membered cyclic amide) rings is 1. The standard InChI is InChI=1S/C18H19N7O4S2/c1-24-18(21-22-23-24)31-8-10-7-30-16-12(15(27)25(16)13(10)17(28)29)20-14(26)11(19)9-5-3-2-4-6-9/h2-6,11-12,16H,7-8,19H2,1H3,(H,20,26)(H,28,29)/t11?,12?,16-/m1/s1. The number of fused-ring (bicyclic) bond motifs is 1. The minimum atomic E-state index is -1.18. The van der Waals surface area contributed by atoms with E-state index >= 15 is 0 Å². The third-order valence-electron chi connectivity index (χ3n) is 4.95. The van der Waals surface area contributed by atoms with E-state index in [2.05, 4.69) is 20.8 Å². The Morgan fingerprint density at radius 3 is 2.77 bits per heavy atom. The van der Waals surface area contributed by atoms with E-state index in [0.717, 1.165) is 0 Å². The van der Waals surface area contributed by atoms with Gasteiger partial charge in [0.25, 0.3) is 5.91 Å². The molecule has 3 heterocycles. The van der Waals surface area contributed by atoms with E-state index in [1.54, 1.807) is 31.3 Å². The second-order valence-corrected chi connectivity index (χ2v) is 8.96. The van der Waals surface area contributed by atoms with Crippen molar-refractivity contribution in [1.82, 2.24) is 30.4 Å². The topological polar surface area (TPSA) is 156 Å². The molecule has 0 radical (unpaired) electrons. The van der Waals surface area contributed by atoms with Gasteiger partial charge in [0.2, 0.25) is 11.1 Å². The van der Waals surface area contributed by atoms with Crippen molar-refractivity contribution >= 4 is 41.3 Å². The van der Waals surface area contributed by atoms with Gasteiger partial charge in [0.05, 0.1) is 0 Å². The molecule has 2 aliphatic heterocycles. The lowest BCUT2D eigenvalue weighted by atomic mass is 10.0. The van der Waals surface area contributed by atoms with Crippen molar-refractivity contribution in [2.24, 2.45) is 12.8 Å². The van der Waals surface area contributed by atoms with E-state index in [1.165, 1.54) is 33.1 Å². The molecule has 1 saturated heterocycles. The minimum Gasteiger partial charge on any atom is -0.477 e. The summed E-state index contributed by atoms with van der Waals surface area (Å²) in [5.74, 6) is -1.40. The second kappa shape index (κ2) is 8.69. The predicted octanol–water partition coefficient (Wildman–Crippen LogP) is -0.259. The number of benzene rings is 1. The van der Waals surface area contributed by atoms with Crippen LogP contribution in [0.4, 0.5) is 0 Å². The summed E-state index contributed by atoms with van der Waals surface area (Å²) in [7, 11) is 1.69. The molecule has 11 nitrogen and oxygen atoms in total. The fourth-order valence-electron chi connectivity index (χ4n) is 3.34. The Morgan fingerprint density at radius 1 is 1.39 bits per heavy atom. The number of hydrogen-bond acceptors (Lipinski definition) is 9. The number of carboxylic acids is 1. The monoisotopic (exact) mass is 461 g/mol. The molecular weight excluding hydrogens is 442 g/mol. The maximum absolute atomic E-state index is 12.8. The summed E-state index contributed by atoms with van der Waals surface area (Å²) in [5.41, 5.74) is 7.19. The summed E-state index contributed by atoms with van der Waals surface area (Å²) in [6, 6.07) is 7.09. The number of rotatable bonds is 7. The summed E-state index contributed by atoms with van der Waals surface area (Å²) in [6.45, 7) is 0. The van der Waals surface area contributed by atoms with Gasteiger partial charge in [-0.05, 0) is 21.6 Å². The van der Waals surface area contributed by atoms with Crippen LogP contribution in [0.25, 0.3) is 0 Å². The first kappa shape index (κ1) is 21.3. The van der Waals surface area contributed by atoms with Gasteiger partial charge in [-0.25, -0.2) is 9.48 Å². The highest BCUT2D eigenvalue weighted by Gasteiger charge is 2.54. The van der Waals surface area contributed by atoms with Gasteiger partial charge in [-0.1, -0.05) is 42.1 Å². The Kier molecular flexibility index (Phi) is 5.98. The molecule has 1 aromatic heterocycles. The van der Waals surface area contributed by atoms with Crippen LogP contribution < -0.4 is 11.1 Å². The highest BCUT2D eigenvalue weighted by Crippen LogP contribution is 2.41. The van der Waals surface area contributed by atoms with Crippen molar-refractivity contribution in [3.05, 3.63) is 47.2 Å². The summed E-state index contributed by atoms with van der Waals surface area (Å²) in [6.07, 6.45) is 0. The number of thioether (sulfide) groups is 2. The van der Waals surface area contributed by atoms with Gasteiger partial charge in [-0.2, -0.15) is 0 Å². The molecule has 2 aliphatic rings. The van der Waals surface area contributed by atoms with Crippen molar-refractivity contribution in [3.8, 4) is 0 Å². The lowest BCUT2D eigenvalue weighted by Crippen LogP contribution is -2.71. The first-order valence-electron chi connectivity index (χ1n) is 9.24. The number of carbonyl (C=O) groups excluding carboxylic acids is 2. The molecular formula is C18H19N7O4S2. The summed E-state index contributed by atoms with van der Waals surface area (Å²) in [4.78, 5) is 38.5. The second-order valence-electron chi connectivity index (χ2n) is 6.92.